The lowest BCUT2D eigenvalue weighted by Crippen LogP contribution is -2.36. The number of nitrogens with one attached hydrogen (secondary N) is 1. The normalized spacial score (nSPS) is 15.3. The molecule has 0 unspecified atom stereocenters. The van der Waals surface area contributed by atoms with Crippen molar-refractivity contribution >= 4 is 17.4 Å². The van der Waals surface area contributed by atoms with Gasteiger partial charge in [0.05, 0.1) is 17.4 Å². The van der Waals surface area contributed by atoms with Gasteiger partial charge in [-0.25, -0.2) is 9.37 Å². The van der Waals surface area contributed by atoms with Crippen molar-refractivity contribution in [1.82, 2.24) is 9.97 Å². The SMILES string of the molecule is O=C(Nc1cccnc1N1CCC(CO)CC1)c1ccncc1F. The standard InChI is InChI=1S/C17H19FN4O2/c18-14-10-19-7-3-13(14)17(24)21-15-2-1-6-20-16(15)22-8-4-12(11-23)5-9-22/h1-3,6-7,10,12,23H,4-5,8-9,11H2,(H,21,24). The highest BCUT2D eigenvalue weighted by molar-refractivity contribution is 6.05. The molecule has 7 heteroatoms. The number of aliphatic hydroxyl groups is 1. The van der Waals surface area contributed by atoms with E-state index in [1.165, 1.54) is 12.3 Å². The average molecular weight is 330 g/mol. The second kappa shape index (κ2) is 7.35. The molecule has 0 spiro atoms. The summed E-state index contributed by atoms with van der Waals surface area (Å²) in [6, 6.07) is 4.81. The van der Waals surface area contributed by atoms with Crippen LogP contribution in [0.5, 0.6) is 0 Å². The van der Waals surface area contributed by atoms with Gasteiger partial charge < -0.3 is 15.3 Å². The number of carbonyl (C=O) groups excluding carboxylic acids is 1. The summed E-state index contributed by atoms with van der Waals surface area (Å²) in [6.07, 6.45) is 5.80. The van der Waals surface area contributed by atoms with E-state index in [0.717, 1.165) is 32.1 Å². The number of rotatable bonds is 4. The monoisotopic (exact) mass is 330 g/mol. The average Bonchev–Trinajstić information content (AvgIpc) is 2.62. The van der Waals surface area contributed by atoms with Gasteiger partial charge in [0, 0.05) is 32.1 Å². The Morgan fingerprint density at radius 2 is 2.12 bits per heavy atom. The maximum atomic E-state index is 13.7. The Labute approximate surface area is 139 Å². The number of anilines is 2. The molecule has 126 valence electrons. The third-order valence-electron chi connectivity index (χ3n) is 4.22. The van der Waals surface area contributed by atoms with Gasteiger partial charge in [-0.2, -0.15) is 0 Å². The fourth-order valence-corrected chi connectivity index (χ4v) is 2.82. The zero-order chi connectivity index (χ0) is 16.9. The van der Waals surface area contributed by atoms with Crippen LogP contribution in [0.3, 0.4) is 0 Å². The van der Waals surface area contributed by atoms with Gasteiger partial charge in [0.15, 0.2) is 11.6 Å². The van der Waals surface area contributed by atoms with E-state index in [2.05, 4.69) is 20.2 Å². The first kappa shape index (κ1) is 16.3. The first-order valence-electron chi connectivity index (χ1n) is 7.90. The predicted molar refractivity (Wildman–Crippen MR) is 88.4 cm³/mol. The van der Waals surface area contributed by atoms with Crippen LogP contribution in [0.1, 0.15) is 23.2 Å². The number of pyridine rings is 2. The van der Waals surface area contributed by atoms with E-state index >= 15 is 0 Å². The Morgan fingerprint density at radius 1 is 1.33 bits per heavy atom. The highest BCUT2D eigenvalue weighted by Crippen LogP contribution is 2.28. The second-order valence-electron chi connectivity index (χ2n) is 5.80. The van der Waals surface area contributed by atoms with Crippen LogP contribution in [0.25, 0.3) is 0 Å². The molecule has 3 rings (SSSR count). The fourth-order valence-electron chi connectivity index (χ4n) is 2.82. The van der Waals surface area contributed by atoms with Crippen molar-refractivity contribution in [3.05, 3.63) is 48.2 Å². The van der Waals surface area contributed by atoms with E-state index in [1.54, 1.807) is 18.3 Å². The van der Waals surface area contributed by atoms with Crippen LogP contribution in [0.2, 0.25) is 0 Å². The number of nitrogens with zero attached hydrogens (tertiary/aromatic N) is 3. The number of carbonyl (C=O) groups is 1. The third kappa shape index (κ3) is 3.51. The lowest BCUT2D eigenvalue weighted by molar-refractivity contribution is 0.102. The van der Waals surface area contributed by atoms with Gasteiger partial charge >= 0.3 is 0 Å². The molecule has 0 bridgehead atoms. The molecule has 2 N–H and O–H groups in total. The summed E-state index contributed by atoms with van der Waals surface area (Å²) in [5.74, 6) is -0.218. The van der Waals surface area contributed by atoms with Crippen molar-refractivity contribution in [1.29, 1.82) is 0 Å². The fraction of sp³-hybridized carbons (Fsp3) is 0.353. The van der Waals surface area contributed by atoms with Gasteiger partial charge in [0.1, 0.15) is 0 Å². The van der Waals surface area contributed by atoms with Gasteiger partial charge in [-0.3, -0.25) is 9.78 Å². The van der Waals surface area contributed by atoms with Crippen LogP contribution in [-0.2, 0) is 0 Å². The molecule has 0 saturated carbocycles. The van der Waals surface area contributed by atoms with Gasteiger partial charge in [-0.15, -0.1) is 0 Å². The van der Waals surface area contributed by atoms with Crippen LogP contribution in [0.15, 0.2) is 36.8 Å². The molecule has 1 aliphatic heterocycles. The Morgan fingerprint density at radius 3 is 2.83 bits per heavy atom. The van der Waals surface area contributed by atoms with E-state index in [4.69, 9.17) is 0 Å². The third-order valence-corrected chi connectivity index (χ3v) is 4.22. The highest BCUT2D eigenvalue weighted by Gasteiger charge is 2.22. The lowest BCUT2D eigenvalue weighted by Gasteiger charge is -2.33. The first-order valence-corrected chi connectivity index (χ1v) is 7.90. The van der Waals surface area contributed by atoms with Crippen LogP contribution in [-0.4, -0.2) is 40.7 Å². The van der Waals surface area contributed by atoms with Gasteiger partial charge in [-0.05, 0) is 37.0 Å². The molecule has 1 fully saturated rings. The molecule has 0 aliphatic carbocycles. The molecular formula is C17H19FN4O2. The molecule has 24 heavy (non-hydrogen) atoms. The molecule has 2 aromatic heterocycles. The summed E-state index contributed by atoms with van der Waals surface area (Å²) >= 11 is 0. The number of aromatic nitrogens is 2. The van der Waals surface area contributed by atoms with Gasteiger partial charge in [-0.1, -0.05) is 0 Å². The van der Waals surface area contributed by atoms with E-state index in [1.807, 2.05) is 0 Å². The van der Waals surface area contributed by atoms with Gasteiger partial charge in [0.25, 0.3) is 5.91 Å². The van der Waals surface area contributed by atoms with E-state index in [9.17, 15) is 14.3 Å². The minimum Gasteiger partial charge on any atom is -0.396 e. The second-order valence-corrected chi connectivity index (χ2v) is 5.80. The molecule has 1 amide bonds. The summed E-state index contributed by atoms with van der Waals surface area (Å²) in [4.78, 5) is 22.4. The predicted octanol–water partition coefficient (Wildman–Crippen LogP) is 2.08. The van der Waals surface area contributed by atoms with Crippen molar-refractivity contribution in [2.45, 2.75) is 12.8 Å². The molecule has 0 aromatic carbocycles. The zero-order valence-corrected chi connectivity index (χ0v) is 13.2. The maximum Gasteiger partial charge on any atom is 0.258 e. The minimum absolute atomic E-state index is 0.0567. The number of hydrogen-bond acceptors (Lipinski definition) is 5. The molecular weight excluding hydrogens is 311 g/mol. The van der Waals surface area contributed by atoms with Crippen molar-refractivity contribution in [3.63, 3.8) is 0 Å². The Kier molecular flexibility index (Phi) is 5.00. The van der Waals surface area contributed by atoms with Gasteiger partial charge in [0.2, 0.25) is 0 Å². The Bertz CT molecular complexity index is 717. The Balaban J connectivity index is 1.77. The van der Waals surface area contributed by atoms with Crippen molar-refractivity contribution in [2.75, 3.05) is 29.9 Å². The molecule has 1 aliphatic rings. The summed E-state index contributed by atoms with van der Waals surface area (Å²) in [5.41, 5.74) is 0.486. The van der Waals surface area contributed by atoms with E-state index in [0.29, 0.717) is 17.4 Å². The van der Waals surface area contributed by atoms with E-state index < -0.39 is 11.7 Å². The zero-order valence-electron chi connectivity index (χ0n) is 13.2. The first-order chi connectivity index (χ1) is 11.7. The van der Waals surface area contributed by atoms with Crippen molar-refractivity contribution in [2.24, 2.45) is 5.92 Å². The molecule has 0 radical (unpaired) electrons. The smallest absolute Gasteiger partial charge is 0.258 e. The van der Waals surface area contributed by atoms with Crippen LogP contribution < -0.4 is 10.2 Å². The van der Waals surface area contributed by atoms with Crippen molar-refractivity contribution in [3.8, 4) is 0 Å². The van der Waals surface area contributed by atoms with Crippen LogP contribution in [0, 0.1) is 11.7 Å². The molecule has 2 aromatic rings. The van der Waals surface area contributed by atoms with E-state index in [-0.39, 0.29) is 12.2 Å². The quantitative estimate of drug-likeness (QED) is 0.897. The molecule has 6 nitrogen and oxygen atoms in total. The van der Waals surface area contributed by atoms with Crippen LogP contribution >= 0.6 is 0 Å². The highest BCUT2D eigenvalue weighted by atomic mass is 19.1. The molecule has 0 atom stereocenters. The lowest BCUT2D eigenvalue weighted by atomic mass is 9.98. The largest absolute Gasteiger partial charge is 0.396 e. The molecule has 3 heterocycles. The number of hydrogen-bond donors (Lipinski definition) is 2. The molecule has 1 saturated heterocycles. The minimum atomic E-state index is -0.663. The summed E-state index contributed by atoms with van der Waals surface area (Å²) in [5, 5.41) is 12.0. The Hall–Kier alpha value is -2.54. The number of amides is 1. The van der Waals surface area contributed by atoms with Crippen molar-refractivity contribution < 1.29 is 14.3 Å². The topological polar surface area (TPSA) is 78.4 Å². The van der Waals surface area contributed by atoms with Crippen LogP contribution in [0.4, 0.5) is 15.9 Å². The summed E-state index contributed by atoms with van der Waals surface area (Å²) < 4.78 is 13.7. The number of piperidine rings is 1. The number of aliphatic hydroxyl groups excluding tert-OH is 1. The number of halogens is 1. The summed E-state index contributed by atoms with van der Waals surface area (Å²) in [6.45, 7) is 1.71. The summed E-state index contributed by atoms with van der Waals surface area (Å²) in [7, 11) is 0. The maximum absolute atomic E-state index is 13.7.